The lowest BCUT2D eigenvalue weighted by Gasteiger charge is -2.25. The van der Waals surface area contributed by atoms with Crippen molar-refractivity contribution < 1.29 is 0 Å². The molecule has 2 aromatic rings. The van der Waals surface area contributed by atoms with E-state index in [1.54, 1.807) is 0 Å². The van der Waals surface area contributed by atoms with Gasteiger partial charge in [-0.05, 0) is 69.8 Å². The van der Waals surface area contributed by atoms with Gasteiger partial charge >= 0.3 is 0 Å². The van der Waals surface area contributed by atoms with Crippen LogP contribution < -0.4 is 5.32 Å². The van der Waals surface area contributed by atoms with Crippen molar-refractivity contribution in [2.24, 2.45) is 5.92 Å². The SMILES string of the molecule is CNCC1CCc2nc(-c3cnccc3C)nc(C)c2C1. The Bertz CT molecular complexity index is 651. The van der Waals surface area contributed by atoms with Crippen molar-refractivity contribution in [2.45, 2.75) is 33.1 Å². The Labute approximate surface area is 126 Å². The Morgan fingerprint density at radius 2 is 2.14 bits per heavy atom. The smallest absolute Gasteiger partial charge is 0.161 e. The van der Waals surface area contributed by atoms with Gasteiger partial charge < -0.3 is 5.32 Å². The van der Waals surface area contributed by atoms with Crippen molar-refractivity contribution in [3.05, 3.63) is 41.0 Å². The summed E-state index contributed by atoms with van der Waals surface area (Å²) in [5.74, 6) is 1.53. The van der Waals surface area contributed by atoms with E-state index in [9.17, 15) is 0 Å². The van der Waals surface area contributed by atoms with Crippen LogP contribution in [0.3, 0.4) is 0 Å². The maximum absolute atomic E-state index is 4.83. The Hall–Kier alpha value is -1.81. The number of rotatable bonds is 3. The highest BCUT2D eigenvalue weighted by molar-refractivity contribution is 5.59. The predicted molar refractivity (Wildman–Crippen MR) is 84.2 cm³/mol. The number of pyridine rings is 1. The highest BCUT2D eigenvalue weighted by atomic mass is 14.9. The third-order valence-electron chi connectivity index (χ3n) is 4.35. The average Bonchev–Trinajstić information content (AvgIpc) is 2.48. The van der Waals surface area contributed by atoms with E-state index in [0.29, 0.717) is 5.92 Å². The van der Waals surface area contributed by atoms with Crippen molar-refractivity contribution in [1.29, 1.82) is 0 Å². The third kappa shape index (κ3) is 2.81. The van der Waals surface area contributed by atoms with Gasteiger partial charge in [-0.3, -0.25) is 4.98 Å². The predicted octanol–water partition coefficient (Wildman–Crippen LogP) is 2.48. The molecule has 1 N–H and O–H groups in total. The van der Waals surface area contributed by atoms with E-state index >= 15 is 0 Å². The highest BCUT2D eigenvalue weighted by Crippen LogP contribution is 2.28. The molecule has 0 saturated heterocycles. The van der Waals surface area contributed by atoms with Crippen molar-refractivity contribution in [1.82, 2.24) is 20.3 Å². The molecule has 2 aromatic heterocycles. The molecule has 21 heavy (non-hydrogen) atoms. The minimum Gasteiger partial charge on any atom is -0.319 e. The van der Waals surface area contributed by atoms with Gasteiger partial charge in [-0.1, -0.05) is 0 Å². The van der Waals surface area contributed by atoms with Gasteiger partial charge in [0, 0.05) is 29.3 Å². The number of hydrogen-bond acceptors (Lipinski definition) is 4. The van der Waals surface area contributed by atoms with Gasteiger partial charge in [0.05, 0.1) is 0 Å². The molecule has 0 fully saturated rings. The fourth-order valence-electron chi connectivity index (χ4n) is 3.14. The zero-order valence-electron chi connectivity index (χ0n) is 13.0. The van der Waals surface area contributed by atoms with Crippen LogP contribution in [0.25, 0.3) is 11.4 Å². The monoisotopic (exact) mass is 282 g/mol. The summed E-state index contributed by atoms with van der Waals surface area (Å²) < 4.78 is 0. The van der Waals surface area contributed by atoms with E-state index in [0.717, 1.165) is 36.5 Å². The third-order valence-corrected chi connectivity index (χ3v) is 4.35. The molecule has 0 aliphatic heterocycles. The summed E-state index contributed by atoms with van der Waals surface area (Å²) in [7, 11) is 2.02. The lowest BCUT2D eigenvalue weighted by Crippen LogP contribution is -2.26. The average molecular weight is 282 g/mol. The molecule has 0 radical (unpaired) electrons. The van der Waals surface area contributed by atoms with Crippen molar-refractivity contribution in [2.75, 3.05) is 13.6 Å². The first kappa shape index (κ1) is 14.1. The maximum atomic E-state index is 4.83. The number of nitrogens with one attached hydrogen (secondary N) is 1. The van der Waals surface area contributed by atoms with Crippen LogP contribution >= 0.6 is 0 Å². The number of hydrogen-bond donors (Lipinski definition) is 1. The van der Waals surface area contributed by atoms with Gasteiger partial charge in [-0.15, -0.1) is 0 Å². The first-order valence-electron chi connectivity index (χ1n) is 7.61. The van der Waals surface area contributed by atoms with E-state index in [-0.39, 0.29) is 0 Å². The molecule has 4 heteroatoms. The topological polar surface area (TPSA) is 50.7 Å². The molecule has 1 unspecified atom stereocenters. The Morgan fingerprint density at radius 3 is 2.90 bits per heavy atom. The van der Waals surface area contributed by atoms with E-state index in [2.05, 4.69) is 24.1 Å². The lowest BCUT2D eigenvalue weighted by atomic mass is 9.85. The molecule has 0 aromatic carbocycles. The minimum absolute atomic E-state index is 0.704. The van der Waals surface area contributed by atoms with Crippen molar-refractivity contribution in [3.63, 3.8) is 0 Å². The molecule has 1 aliphatic rings. The molecule has 0 spiro atoms. The highest BCUT2D eigenvalue weighted by Gasteiger charge is 2.22. The van der Waals surface area contributed by atoms with Gasteiger partial charge in [-0.2, -0.15) is 0 Å². The van der Waals surface area contributed by atoms with Gasteiger partial charge in [-0.25, -0.2) is 9.97 Å². The Morgan fingerprint density at radius 1 is 1.29 bits per heavy atom. The molecule has 4 nitrogen and oxygen atoms in total. The number of aromatic nitrogens is 3. The first-order valence-corrected chi connectivity index (χ1v) is 7.61. The molecule has 0 bridgehead atoms. The van der Waals surface area contributed by atoms with E-state index < -0.39 is 0 Å². The second kappa shape index (κ2) is 5.90. The molecule has 2 heterocycles. The fourth-order valence-corrected chi connectivity index (χ4v) is 3.14. The molecule has 110 valence electrons. The normalized spacial score (nSPS) is 17.6. The van der Waals surface area contributed by atoms with Crippen LogP contribution in [-0.4, -0.2) is 28.5 Å². The van der Waals surface area contributed by atoms with E-state index in [4.69, 9.17) is 9.97 Å². The fraction of sp³-hybridized carbons (Fsp3) is 0.471. The van der Waals surface area contributed by atoms with Crippen LogP contribution in [-0.2, 0) is 12.8 Å². The first-order chi connectivity index (χ1) is 10.2. The summed E-state index contributed by atoms with van der Waals surface area (Å²) in [6, 6.07) is 2.01. The molecule has 0 amide bonds. The Kier molecular flexibility index (Phi) is 3.97. The molecular weight excluding hydrogens is 260 g/mol. The van der Waals surface area contributed by atoms with Gasteiger partial charge in [0.2, 0.25) is 0 Å². The van der Waals surface area contributed by atoms with Crippen LogP contribution in [0.1, 0.15) is 28.9 Å². The zero-order chi connectivity index (χ0) is 14.8. The number of fused-ring (bicyclic) bond motifs is 1. The van der Waals surface area contributed by atoms with Crippen LogP contribution in [0.4, 0.5) is 0 Å². The number of aryl methyl sites for hydroxylation is 3. The second-order valence-corrected chi connectivity index (χ2v) is 5.91. The van der Waals surface area contributed by atoms with Crippen LogP contribution in [0.5, 0.6) is 0 Å². The van der Waals surface area contributed by atoms with Gasteiger partial charge in [0.1, 0.15) is 0 Å². The molecule has 3 rings (SSSR count). The van der Waals surface area contributed by atoms with E-state index in [1.165, 1.54) is 23.2 Å². The lowest BCUT2D eigenvalue weighted by molar-refractivity contribution is 0.433. The summed E-state index contributed by atoms with van der Waals surface area (Å²) in [4.78, 5) is 13.8. The van der Waals surface area contributed by atoms with E-state index in [1.807, 2.05) is 25.5 Å². The second-order valence-electron chi connectivity index (χ2n) is 5.91. The summed E-state index contributed by atoms with van der Waals surface area (Å²) in [6.07, 6.45) is 7.02. The molecule has 1 atom stereocenters. The van der Waals surface area contributed by atoms with Gasteiger partial charge in [0.25, 0.3) is 0 Å². The summed E-state index contributed by atoms with van der Waals surface area (Å²) >= 11 is 0. The van der Waals surface area contributed by atoms with Crippen LogP contribution in [0.2, 0.25) is 0 Å². The van der Waals surface area contributed by atoms with Crippen molar-refractivity contribution in [3.8, 4) is 11.4 Å². The van der Waals surface area contributed by atoms with Crippen molar-refractivity contribution >= 4 is 0 Å². The molecule has 0 saturated carbocycles. The van der Waals surface area contributed by atoms with Crippen LogP contribution in [0, 0.1) is 19.8 Å². The molecular formula is C17H22N4. The zero-order valence-corrected chi connectivity index (χ0v) is 13.0. The van der Waals surface area contributed by atoms with Crippen LogP contribution in [0.15, 0.2) is 18.5 Å². The standard InChI is InChI=1S/C17H22N4/c1-11-6-7-19-10-15(11)17-20-12(2)14-8-13(9-18-3)4-5-16(14)21-17/h6-7,10,13,18H,4-5,8-9H2,1-3H3. The number of nitrogens with zero attached hydrogens (tertiary/aromatic N) is 3. The quantitative estimate of drug-likeness (QED) is 0.939. The Balaban J connectivity index is 1.98. The summed E-state index contributed by atoms with van der Waals surface area (Å²) in [6.45, 7) is 5.26. The minimum atomic E-state index is 0.704. The molecule has 1 aliphatic carbocycles. The van der Waals surface area contributed by atoms with Gasteiger partial charge in [0.15, 0.2) is 5.82 Å². The maximum Gasteiger partial charge on any atom is 0.161 e. The largest absolute Gasteiger partial charge is 0.319 e. The summed E-state index contributed by atoms with van der Waals surface area (Å²) in [5, 5.41) is 3.28. The summed E-state index contributed by atoms with van der Waals surface area (Å²) in [5.41, 5.74) is 5.92.